The third-order valence-corrected chi connectivity index (χ3v) is 4.19. The number of nitrogens with one attached hydrogen (secondary N) is 1. The summed E-state index contributed by atoms with van der Waals surface area (Å²) in [7, 11) is 0. The van der Waals surface area contributed by atoms with Crippen LogP contribution in [0.3, 0.4) is 0 Å². The number of nitrogen functional groups attached to an aromatic ring is 1. The van der Waals surface area contributed by atoms with E-state index in [9.17, 15) is 4.79 Å². The molecule has 0 aliphatic carbocycles. The molecule has 0 aromatic heterocycles. The average molecular weight is 376 g/mol. The van der Waals surface area contributed by atoms with Crippen LogP contribution in [-0.2, 0) is 11.2 Å². The maximum Gasteiger partial charge on any atom is 0.224 e. The fraction of sp³-hybridized carbons (Fsp3) is 0.174. The largest absolute Gasteiger partial charge is 0.490 e. The first-order valence-corrected chi connectivity index (χ1v) is 9.25. The van der Waals surface area contributed by atoms with Crippen LogP contribution in [0, 0.1) is 0 Å². The van der Waals surface area contributed by atoms with Crippen molar-refractivity contribution in [2.24, 2.45) is 0 Å². The van der Waals surface area contributed by atoms with Crippen LogP contribution in [0.2, 0.25) is 0 Å². The van der Waals surface area contributed by atoms with Crippen molar-refractivity contribution in [3.63, 3.8) is 0 Å². The molecular weight excluding hydrogens is 352 g/mol. The van der Waals surface area contributed by atoms with Gasteiger partial charge in [-0.3, -0.25) is 4.79 Å². The van der Waals surface area contributed by atoms with E-state index < -0.39 is 0 Å². The van der Waals surface area contributed by atoms with Crippen LogP contribution in [0.1, 0.15) is 12.0 Å². The van der Waals surface area contributed by atoms with Crippen LogP contribution in [0.4, 0.5) is 11.4 Å². The Morgan fingerprint density at radius 1 is 0.821 bits per heavy atom. The van der Waals surface area contributed by atoms with E-state index in [-0.39, 0.29) is 5.91 Å². The van der Waals surface area contributed by atoms with Gasteiger partial charge in [0.1, 0.15) is 24.7 Å². The molecule has 0 aliphatic rings. The van der Waals surface area contributed by atoms with Gasteiger partial charge in [0.2, 0.25) is 5.91 Å². The van der Waals surface area contributed by atoms with Gasteiger partial charge in [0.15, 0.2) is 0 Å². The lowest BCUT2D eigenvalue weighted by atomic mass is 10.1. The highest BCUT2D eigenvalue weighted by molar-refractivity contribution is 5.92. The lowest BCUT2D eigenvalue weighted by Crippen LogP contribution is -2.15. The van der Waals surface area contributed by atoms with Gasteiger partial charge in [0.05, 0.1) is 5.69 Å². The molecule has 144 valence electrons. The summed E-state index contributed by atoms with van der Waals surface area (Å²) in [6.07, 6.45) is 0.937. The summed E-state index contributed by atoms with van der Waals surface area (Å²) >= 11 is 0. The van der Waals surface area contributed by atoms with Crippen LogP contribution in [-0.4, -0.2) is 19.1 Å². The Labute approximate surface area is 165 Å². The SMILES string of the molecule is Nc1ccccc1CCC(=O)Nc1ccccc1OCCOc1ccccc1. The Hall–Kier alpha value is -3.47. The van der Waals surface area contributed by atoms with E-state index in [0.29, 0.717) is 43.2 Å². The first-order valence-electron chi connectivity index (χ1n) is 9.25. The van der Waals surface area contributed by atoms with Crippen molar-refractivity contribution in [1.29, 1.82) is 0 Å². The lowest BCUT2D eigenvalue weighted by molar-refractivity contribution is -0.116. The van der Waals surface area contributed by atoms with Crippen molar-refractivity contribution in [3.05, 3.63) is 84.4 Å². The van der Waals surface area contributed by atoms with Crippen molar-refractivity contribution >= 4 is 17.3 Å². The van der Waals surface area contributed by atoms with Crippen molar-refractivity contribution in [2.75, 3.05) is 24.3 Å². The molecule has 5 nitrogen and oxygen atoms in total. The van der Waals surface area contributed by atoms with Crippen LogP contribution < -0.4 is 20.5 Å². The van der Waals surface area contributed by atoms with E-state index in [1.54, 1.807) is 0 Å². The van der Waals surface area contributed by atoms with Gasteiger partial charge in [-0.15, -0.1) is 0 Å². The third-order valence-electron chi connectivity index (χ3n) is 4.19. The number of hydrogen-bond donors (Lipinski definition) is 2. The maximum atomic E-state index is 12.3. The fourth-order valence-corrected chi connectivity index (χ4v) is 2.75. The minimum atomic E-state index is -0.0835. The van der Waals surface area contributed by atoms with Gasteiger partial charge in [-0.05, 0) is 42.3 Å². The molecule has 1 amide bonds. The summed E-state index contributed by atoms with van der Waals surface area (Å²) in [4.78, 5) is 12.3. The van der Waals surface area contributed by atoms with E-state index in [2.05, 4.69) is 5.32 Å². The predicted octanol–water partition coefficient (Wildman–Crippen LogP) is 4.30. The molecule has 0 atom stereocenters. The predicted molar refractivity (Wildman–Crippen MR) is 112 cm³/mol. The first-order chi connectivity index (χ1) is 13.7. The summed E-state index contributed by atoms with van der Waals surface area (Å²) in [5.41, 5.74) is 8.25. The quantitative estimate of drug-likeness (QED) is 0.431. The van der Waals surface area contributed by atoms with Crippen LogP contribution in [0.5, 0.6) is 11.5 Å². The molecule has 0 radical (unpaired) electrons. The molecule has 28 heavy (non-hydrogen) atoms. The molecule has 0 saturated heterocycles. The highest BCUT2D eigenvalue weighted by Crippen LogP contribution is 2.24. The molecule has 0 saturated carbocycles. The monoisotopic (exact) mass is 376 g/mol. The zero-order valence-corrected chi connectivity index (χ0v) is 15.6. The number of carbonyl (C=O) groups is 1. The van der Waals surface area contributed by atoms with E-state index in [1.807, 2.05) is 78.9 Å². The van der Waals surface area contributed by atoms with Gasteiger partial charge in [-0.2, -0.15) is 0 Å². The standard InChI is InChI=1S/C23H24N2O3/c24-20-11-5-4-8-18(20)14-15-23(26)25-21-12-6-7-13-22(21)28-17-16-27-19-9-2-1-3-10-19/h1-13H,14-17,24H2,(H,25,26). The zero-order valence-electron chi connectivity index (χ0n) is 15.6. The second-order valence-electron chi connectivity index (χ2n) is 6.25. The molecule has 0 bridgehead atoms. The fourth-order valence-electron chi connectivity index (χ4n) is 2.75. The number of para-hydroxylation sites is 4. The highest BCUT2D eigenvalue weighted by atomic mass is 16.5. The number of anilines is 2. The molecule has 3 rings (SSSR count). The number of carbonyl (C=O) groups excluding carboxylic acids is 1. The van der Waals surface area contributed by atoms with E-state index in [4.69, 9.17) is 15.2 Å². The van der Waals surface area contributed by atoms with Crippen molar-refractivity contribution in [3.8, 4) is 11.5 Å². The maximum absolute atomic E-state index is 12.3. The Morgan fingerprint density at radius 3 is 2.32 bits per heavy atom. The number of benzene rings is 3. The second kappa shape index (κ2) is 10.0. The number of rotatable bonds is 9. The smallest absolute Gasteiger partial charge is 0.224 e. The molecule has 3 aromatic carbocycles. The summed E-state index contributed by atoms with van der Waals surface area (Å²) in [5.74, 6) is 1.33. The molecule has 0 spiro atoms. The average Bonchev–Trinajstić information content (AvgIpc) is 2.72. The Morgan fingerprint density at radius 2 is 1.50 bits per heavy atom. The number of hydrogen-bond acceptors (Lipinski definition) is 4. The zero-order chi connectivity index (χ0) is 19.6. The van der Waals surface area contributed by atoms with Crippen molar-refractivity contribution < 1.29 is 14.3 Å². The number of ether oxygens (including phenoxy) is 2. The first kappa shape index (κ1) is 19.3. The van der Waals surface area contributed by atoms with E-state index in [0.717, 1.165) is 11.3 Å². The third kappa shape index (κ3) is 5.77. The normalized spacial score (nSPS) is 10.3. The van der Waals surface area contributed by atoms with Crippen LogP contribution >= 0.6 is 0 Å². The molecule has 3 aromatic rings. The molecule has 0 unspecified atom stereocenters. The minimum Gasteiger partial charge on any atom is -0.490 e. The summed E-state index contributed by atoms with van der Waals surface area (Å²) in [6.45, 7) is 0.794. The van der Waals surface area contributed by atoms with E-state index in [1.165, 1.54) is 0 Å². The van der Waals surface area contributed by atoms with Crippen LogP contribution in [0.15, 0.2) is 78.9 Å². The second-order valence-corrected chi connectivity index (χ2v) is 6.25. The van der Waals surface area contributed by atoms with Gasteiger partial charge >= 0.3 is 0 Å². The van der Waals surface area contributed by atoms with Gasteiger partial charge in [0, 0.05) is 12.1 Å². The van der Waals surface area contributed by atoms with Crippen molar-refractivity contribution in [2.45, 2.75) is 12.8 Å². The molecular formula is C23H24N2O3. The highest BCUT2D eigenvalue weighted by Gasteiger charge is 2.09. The number of aryl methyl sites for hydroxylation is 1. The summed E-state index contributed by atoms with van der Waals surface area (Å²) in [6, 6.07) is 24.5. The molecule has 0 heterocycles. The van der Waals surface area contributed by atoms with Crippen LogP contribution in [0.25, 0.3) is 0 Å². The van der Waals surface area contributed by atoms with Gasteiger partial charge < -0.3 is 20.5 Å². The molecule has 3 N–H and O–H groups in total. The topological polar surface area (TPSA) is 73.6 Å². The van der Waals surface area contributed by atoms with Gasteiger partial charge in [-0.1, -0.05) is 48.5 Å². The lowest BCUT2D eigenvalue weighted by Gasteiger charge is -2.13. The van der Waals surface area contributed by atoms with E-state index >= 15 is 0 Å². The molecule has 0 aliphatic heterocycles. The number of nitrogens with two attached hydrogens (primary N) is 1. The molecule has 0 fully saturated rings. The Bertz CT molecular complexity index is 897. The molecule has 5 heteroatoms. The van der Waals surface area contributed by atoms with Gasteiger partial charge in [0.25, 0.3) is 0 Å². The minimum absolute atomic E-state index is 0.0835. The Kier molecular flexibility index (Phi) is 6.90. The van der Waals surface area contributed by atoms with Gasteiger partial charge in [-0.25, -0.2) is 0 Å². The Balaban J connectivity index is 1.49. The van der Waals surface area contributed by atoms with Crippen molar-refractivity contribution in [1.82, 2.24) is 0 Å². The number of amides is 1. The summed E-state index contributed by atoms with van der Waals surface area (Å²) < 4.78 is 11.4. The summed E-state index contributed by atoms with van der Waals surface area (Å²) in [5, 5.41) is 2.91.